The molecule has 108 valence electrons. The van der Waals surface area contributed by atoms with Crippen LogP contribution in [0.25, 0.3) is 0 Å². The van der Waals surface area contributed by atoms with Crippen molar-refractivity contribution in [3.8, 4) is 0 Å². The van der Waals surface area contributed by atoms with Gasteiger partial charge in [0.1, 0.15) is 0 Å². The van der Waals surface area contributed by atoms with E-state index in [1.54, 1.807) is 13.8 Å². The number of carbonyl (C=O) groups is 1. The molecule has 0 aromatic carbocycles. The molecule has 0 aliphatic heterocycles. The minimum absolute atomic E-state index is 0.121. The standard InChI is InChI=1S/C16H27NO2/c1-14(2,19)10-17-13(18)16-7-11-4-12(8-16)6-15(3,5-11)9-16/h11-12,19H,4-10H2,1-3H3,(H,17,18). The van der Waals surface area contributed by atoms with Crippen LogP contribution in [0.15, 0.2) is 0 Å². The highest BCUT2D eigenvalue weighted by Gasteiger charge is 2.58. The summed E-state index contributed by atoms with van der Waals surface area (Å²) >= 11 is 0. The molecule has 4 fully saturated rings. The Balaban J connectivity index is 1.74. The molecule has 0 heterocycles. The van der Waals surface area contributed by atoms with Crippen LogP contribution in [-0.4, -0.2) is 23.2 Å². The molecule has 0 aromatic heterocycles. The normalized spacial score (nSPS) is 44.4. The number of rotatable bonds is 3. The highest BCUT2D eigenvalue weighted by molar-refractivity contribution is 5.83. The van der Waals surface area contributed by atoms with Crippen LogP contribution in [0, 0.1) is 22.7 Å². The third-order valence-electron chi connectivity index (χ3n) is 5.52. The van der Waals surface area contributed by atoms with Gasteiger partial charge in [0.15, 0.2) is 0 Å². The second kappa shape index (κ2) is 3.97. The van der Waals surface area contributed by atoms with Gasteiger partial charge in [-0.2, -0.15) is 0 Å². The lowest BCUT2D eigenvalue weighted by Gasteiger charge is -2.60. The van der Waals surface area contributed by atoms with Gasteiger partial charge in [-0.1, -0.05) is 6.92 Å². The van der Waals surface area contributed by atoms with Crippen molar-refractivity contribution in [1.82, 2.24) is 5.32 Å². The average Bonchev–Trinajstić information content (AvgIpc) is 2.21. The fraction of sp³-hybridized carbons (Fsp3) is 0.938. The Morgan fingerprint density at radius 1 is 1.26 bits per heavy atom. The Kier molecular flexibility index (Phi) is 2.80. The fourth-order valence-corrected chi connectivity index (χ4v) is 5.47. The quantitative estimate of drug-likeness (QED) is 0.823. The SMILES string of the molecule is CC(C)(O)CNC(=O)C12CC3CC(CC(C)(C3)C1)C2. The van der Waals surface area contributed by atoms with Gasteiger partial charge in [-0.05, 0) is 69.6 Å². The Morgan fingerprint density at radius 2 is 1.84 bits per heavy atom. The number of nitrogens with one attached hydrogen (secondary N) is 1. The Labute approximate surface area is 116 Å². The van der Waals surface area contributed by atoms with E-state index in [-0.39, 0.29) is 11.3 Å². The van der Waals surface area contributed by atoms with Gasteiger partial charge in [0.25, 0.3) is 0 Å². The summed E-state index contributed by atoms with van der Waals surface area (Å²) < 4.78 is 0. The molecule has 2 atom stereocenters. The zero-order valence-electron chi connectivity index (χ0n) is 12.5. The zero-order chi connectivity index (χ0) is 13.9. The van der Waals surface area contributed by atoms with Gasteiger partial charge >= 0.3 is 0 Å². The van der Waals surface area contributed by atoms with Gasteiger partial charge in [0, 0.05) is 6.54 Å². The maximum atomic E-state index is 12.7. The first-order valence-corrected chi connectivity index (χ1v) is 7.71. The first kappa shape index (κ1) is 13.4. The summed E-state index contributed by atoms with van der Waals surface area (Å²) in [6, 6.07) is 0. The second-order valence-electron chi connectivity index (χ2n) is 8.55. The molecule has 0 saturated heterocycles. The van der Waals surface area contributed by atoms with Crippen LogP contribution in [0.5, 0.6) is 0 Å². The number of aliphatic hydroxyl groups is 1. The van der Waals surface area contributed by atoms with Crippen LogP contribution in [0.2, 0.25) is 0 Å². The van der Waals surface area contributed by atoms with Crippen LogP contribution in [0.1, 0.15) is 59.3 Å². The van der Waals surface area contributed by atoms with Gasteiger partial charge in [-0.25, -0.2) is 0 Å². The molecule has 0 spiro atoms. The molecule has 0 aromatic rings. The lowest BCUT2D eigenvalue weighted by Crippen LogP contribution is -2.57. The number of carbonyl (C=O) groups excluding carboxylic acids is 1. The van der Waals surface area contributed by atoms with E-state index in [4.69, 9.17) is 0 Å². The summed E-state index contributed by atoms with van der Waals surface area (Å²) in [7, 11) is 0. The van der Waals surface area contributed by atoms with Crippen molar-refractivity contribution in [2.24, 2.45) is 22.7 Å². The van der Waals surface area contributed by atoms with E-state index in [0.717, 1.165) is 31.1 Å². The number of hydrogen-bond acceptors (Lipinski definition) is 2. The van der Waals surface area contributed by atoms with Crippen LogP contribution in [-0.2, 0) is 4.79 Å². The summed E-state index contributed by atoms with van der Waals surface area (Å²) in [5, 5.41) is 12.8. The summed E-state index contributed by atoms with van der Waals surface area (Å²) in [6.07, 6.45) is 7.21. The first-order chi connectivity index (χ1) is 8.70. The van der Waals surface area contributed by atoms with Crippen molar-refractivity contribution in [2.75, 3.05) is 6.54 Å². The molecular weight excluding hydrogens is 238 g/mol. The van der Waals surface area contributed by atoms with Crippen molar-refractivity contribution in [3.63, 3.8) is 0 Å². The van der Waals surface area contributed by atoms with Crippen molar-refractivity contribution in [2.45, 2.75) is 64.9 Å². The van der Waals surface area contributed by atoms with Crippen LogP contribution < -0.4 is 5.32 Å². The number of amides is 1. The minimum atomic E-state index is -0.818. The largest absolute Gasteiger partial charge is 0.389 e. The summed E-state index contributed by atoms with van der Waals surface area (Å²) in [4.78, 5) is 12.7. The van der Waals surface area contributed by atoms with E-state index in [2.05, 4.69) is 12.2 Å². The Morgan fingerprint density at radius 3 is 2.32 bits per heavy atom. The molecule has 3 nitrogen and oxygen atoms in total. The third-order valence-corrected chi connectivity index (χ3v) is 5.52. The van der Waals surface area contributed by atoms with Crippen molar-refractivity contribution in [1.29, 1.82) is 0 Å². The topological polar surface area (TPSA) is 49.3 Å². The summed E-state index contributed by atoms with van der Waals surface area (Å²) in [5.41, 5.74) is -0.540. The van der Waals surface area contributed by atoms with Crippen LogP contribution >= 0.6 is 0 Å². The van der Waals surface area contributed by atoms with Crippen molar-refractivity contribution in [3.05, 3.63) is 0 Å². The van der Waals surface area contributed by atoms with E-state index in [1.807, 2.05) is 0 Å². The minimum Gasteiger partial charge on any atom is -0.389 e. The van der Waals surface area contributed by atoms with Gasteiger partial charge < -0.3 is 10.4 Å². The molecule has 1 amide bonds. The van der Waals surface area contributed by atoms with E-state index < -0.39 is 5.60 Å². The fourth-order valence-electron chi connectivity index (χ4n) is 5.47. The highest BCUT2D eigenvalue weighted by Crippen LogP contribution is 2.65. The van der Waals surface area contributed by atoms with Gasteiger partial charge in [-0.15, -0.1) is 0 Å². The summed E-state index contributed by atoms with van der Waals surface area (Å²) in [6.45, 7) is 6.23. The summed E-state index contributed by atoms with van der Waals surface area (Å²) in [5.74, 6) is 1.73. The smallest absolute Gasteiger partial charge is 0.226 e. The number of hydrogen-bond donors (Lipinski definition) is 2. The van der Waals surface area contributed by atoms with E-state index in [1.165, 1.54) is 19.3 Å². The van der Waals surface area contributed by atoms with Crippen LogP contribution in [0.3, 0.4) is 0 Å². The Bertz CT molecular complexity index is 382. The average molecular weight is 265 g/mol. The lowest BCUT2D eigenvalue weighted by atomic mass is 9.44. The highest BCUT2D eigenvalue weighted by atomic mass is 16.3. The monoisotopic (exact) mass is 265 g/mol. The molecule has 4 bridgehead atoms. The van der Waals surface area contributed by atoms with E-state index >= 15 is 0 Å². The van der Waals surface area contributed by atoms with Crippen molar-refractivity contribution < 1.29 is 9.90 Å². The maximum Gasteiger partial charge on any atom is 0.226 e. The molecule has 2 unspecified atom stereocenters. The molecule has 4 aliphatic carbocycles. The predicted octanol–water partition coefficient (Wildman–Crippen LogP) is 2.48. The molecule has 0 radical (unpaired) electrons. The van der Waals surface area contributed by atoms with Gasteiger partial charge in [-0.3, -0.25) is 4.79 Å². The molecule has 2 N–H and O–H groups in total. The maximum absolute atomic E-state index is 12.7. The molecule has 4 saturated carbocycles. The predicted molar refractivity (Wildman–Crippen MR) is 74.5 cm³/mol. The molecule has 4 aliphatic rings. The van der Waals surface area contributed by atoms with Gasteiger partial charge in [0.2, 0.25) is 5.91 Å². The van der Waals surface area contributed by atoms with Gasteiger partial charge in [0.05, 0.1) is 11.0 Å². The zero-order valence-corrected chi connectivity index (χ0v) is 12.5. The second-order valence-corrected chi connectivity index (χ2v) is 8.55. The van der Waals surface area contributed by atoms with E-state index in [0.29, 0.717) is 12.0 Å². The Hall–Kier alpha value is -0.570. The lowest BCUT2D eigenvalue weighted by molar-refractivity contribution is -0.156. The molecular formula is C16H27NO2. The molecule has 19 heavy (non-hydrogen) atoms. The van der Waals surface area contributed by atoms with Crippen LogP contribution in [0.4, 0.5) is 0 Å². The molecule has 3 heteroatoms. The van der Waals surface area contributed by atoms with Crippen molar-refractivity contribution >= 4 is 5.91 Å². The van der Waals surface area contributed by atoms with E-state index in [9.17, 15) is 9.90 Å². The third kappa shape index (κ3) is 2.42. The molecule has 4 rings (SSSR count). The first-order valence-electron chi connectivity index (χ1n) is 7.71.